The van der Waals surface area contributed by atoms with Crippen molar-refractivity contribution in [3.63, 3.8) is 0 Å². The first-order valence-electron chi connectivity index (χ1n) is 3.82. The van der Waals surface area contributed by atoms with Crippen LogP contribution in [0.2, 0.25) is 0 Å². The van der Waals surface area contributed by atoms with Crippen molar-refractivity contribution < 1.29 is 5.11 Å². The number of hydrogen-bond acceptors (Lipinski definition) is 3. The second kappa shape index (κ2) is 4.21. The largest absolute Gasteiger partial charge is 0.396 e. The van der Waals surface area contributed by atoms with E-state index >= 15 is 0 Å². The quantitative estimate of drug-likeness (QED) is 0.637. The Balaban J connectivity index is 2.14. The van der Waals surface area contributed by atoms with Crippen LogP contribution >= 0.6 is 11.8 Å². The summed E-state index contributed by atoms with van der Waals surface area (Å²) in [5.74, 6) is 0.846. The van der Waals surface area contributed by atoms with E-state index in [1.165, 1.54) is 19.3 Å². The molecule has 1 aliphatic carbocycles. The van der Waals surface area contributed by atoms with Gasteiger partial charge in [-0.1, -0.05) is 6.42 Å². The molecule has 0 radical (unpaired) electrons. The topological polar surface area (TPSA) is 46.2 Å². The molecule has 0 aromatic carbocycles. The highest BCUT2D eigenvalue weighted by Crippen LogP contribution is 2.28. The van der Waals surface area contributed by atoms with E-state index in [2.05, 4.69) is 0 Å². The first-order valence-corrected chi connectivity index (χ1v) is 4.87. The molecule has 0 bridgehead atoms. The van der Waals surface area contributed by atoms with Gasteiger partial charge in [0.2, 0.25) is 0 Å². The van der Waals surface area contributed by atoms with Gasteiger partial charge in [0.1, 0.15) is 0 Å². The van der Waals surface area contributed by atoms with Crippen LogP contribution in [0.15, 0.2) is 0 Å². The summed E-state index contributed by atoms with van der Waals surface area (Å²) >= 11 is 1.82. The fraction of sp³-hybridized carbons (Fsp3) is 1.00. The van der Waals surface area contributed by atoms with Crippen LogP contribution in [0.5, 0.6) is 0 Å². The Morgan fingerprint density at radius 2 is 2.30 bits per heavy atom. The zero-order valence-corrected chi connectivity index (χ0v) is 6.94. The molecule has 0 amide bonds. The van der Waals surface area contributed by atoms with Crippen molar-refractivity contribution in [3.05, 3.63) is 0 Å². The van der Waals surface area contributed by atoms with Crippen LogP contribution in [0, 0.1) is 0 Å². The molecular formula is C7H15NOS. The lowest BCUT2D eigenvalue weighted by molar-refractivity contribution is 0.322. The molecule has 1 rings (SSSR count). The summed E-state index contributed by atoms with van der Waals surface area (Å²) in [5, 5.41) is 9.17. The molecule has 0 spiro atoms. The van der Waals surface area contributed by atoms with Crippen molar-refractivity contribution in [1.29, 1.82) is 0 Å². The molecule has 2 atom stereocenters. The van der Waals surface area contributed by atoms with Crippen molar-refractivity contribution in [2.45, 2.75) is 30.6 Å². The minimum Gasteiger partial charge on any atom is -0.396 e. The van der Waals surface area contributed by atoms with E-state index in [0.29, 0.717) is 11.3 Å². The van der Waals surface area contributed by atoms with Crippen LogP contribution in [0.1, 0.15) is 19.3 Å². The maximum Gasteiger partial charge on any atom is 0.0521 e. The molecule has 3 heteroatoms. The lowest BCUT2D eigenvalue weighted by Crippen LogP contribution is -2.26. The molecule has 10 heavy (non-hydrogen) atoms. The second-order valence-electron chi connectivity index (χ2n) is 2.73. The van der Waals surface area contributed by atoms with E-state index in [0.717, 1.165) is 5.75 Å². The smallest absolute Gasteiger partial charge is 0.0521 e. The van der Waals surface area contributed by atoms with E-state index in [1.54, 1.807) is 0 Å². The summed E-state index contributed by atoms with van der Waals surface area (Å²) in [6, 6.07) is 0.386. The number of hydrogen-bond donors (Lipinski definition) is 2. The molecule has 1 saturated carbocycles. The third-order valence-corrected chi connectivity index (χ3v) is 3.36. The summed E-state index contributed by atoms with van der Waals surface area (Å²) < 4.78 is 0. The molecule has 3 N–H and O–H groups in total. The average molecular weight is 161 g/mol. The molecule has 0 aromatic rings. The molecular weight excluding hydrogens is 146 g/mol. The van der Waals surface area contributed by atoms with Crippen LogP contribution in [0.4, 0.5) is 0 Å². The Labute approximate surface area is 66.2 Å². The molecule has 1 fully saturated rings. The molecule has 60 valence electrons. The van der Waals surface area contributed by atoms with Crippen LogP contribution < -0.4 is 5.73 Å². The first-order chi connectivity index (χ1) is 4.84. The third kappa shape index (κ3) is 2.15. The molecule has 0 aliphatic heterocycles. The van der Waals surface area contributed by atoms with Gasteiger partial charge in [-0.05, 0) is 12.8 Å². The minimum atomic E-state index is 0.286. The van der Waals surface area contributed by atoms with Gasteiger partial charge in [0.05, 0.1) is 6.61 Å². The highest BCUT2D eigenvalue weighted by Gasteiger charge is 2.23. The fourth-order valence-corrected chi connectivity index (χ4v) is 2.49. The first kappa shape index (κ1) is 8.37. The van der Waals surface area contributed by atoms with Gasteiger partial charge < -0.3 is 10.8 Å². The lowest BCUT2D eigenvalue weighted by atomic mass is 10.3. The maximum atomic E-state index is 8.55. The van der Waals surface area contributed by atoms with Gasteiger partial charge >= 0.3 is 0 Å². The molecule has 2 unspecified atom stereocenters. The predicted molar refractivity (Wildman–Crippen MR) is 45.2 cm³/mol. The van der Waals surface area contributed by atoms with Crippen LogP contribution in [-0.2, 0) is 0 Å². The van der Waals surface area contributed by atoms with Gasteiger partial charge in [0, 0.05) is 17.0 Å². The lowest BCUT2D eigenvalue weighted by Gasteiger charge is -2.13. The zero-order valence-electron chi connectivity index (χ0n) is 6.12. The Hall–Kier alpha value is 0.270. The van der Waals surface area contributed by atoms with Crippen LogP contribution in [0.25, 0.3) is 0 Å². The second-order valence-corrected chi connectivity index (χ2v) is 4.07. The van der Waals surface area contributed by atoms with E-state index in [1.807, 2.05) is 11.8 Å². The van der Waals surface area contributed by atoms with E-state index in [9.17, 15) is 0 Å². The average Bonchev–Trinajstić information content (AvgIpc) is 2.31. The van der Waals surface area contributed by atoms with Gasteiger partial charge in [-0.3, -0.25) is 0 Å². The molecule has 0 heterocycles. The van der Waals surface area contributed by atoms with Gasteiger partial charge in [0.25, 0.3) is 0 Å². The Bertz CT molecular complexity index is 99.6. The predicted octanol–water partition coefficient (Wildman–Crippen LogP) is 0.592. The van der Waals surface area contributed by atoms with Crippen LogP contribution in [0.3, 0.4) is 0 Å². The standard InChI is InChI=1S/C7H15NOS/c8-6-2-1-3-7(6)10-5-4-9/h6-7,9H,1-5,8H2. The normalized spacial score (nSPS) is 33.0. The molecule has 0 saturated heterocycles. The van der Waals surface area contributed by atoms with E-state index in [4.69, 9.17) is 10.8 Å². The van der Waals surface area contributed by atoms with E-state index in [-0.39, 0.29) is 6.61 Å². The highest BCUT2D eigenvalue weighted by molar-refractivity contribution is 8.00. The monoisotopic (exact) mass is 161 g/mol. The van der Waals surface area contributed by atoms with Crippen molar-refractivity contribution in [3.8, 4) is 0 Å². The highest BCUT2D eigenvalue weighted by atomic mass is 32.2. The van der Waals surface area contributed by atoms with E-state index < -0.39 is 0 Å². The zero-order chi connectivity index (χ0) is 7.40. The van der Waals surface area contributed by atoms with Crippen molar-refractivity contribution in [2.75, 3.05) is 12.4 Å². The number of aliphatic hydroxyl groups excluding tert-OH is 1. The summed E-state index contributed by atoms with van der Waals surface area (Å²) in [6.07, 6.45) is 3.68. The molecule has 1 aliphatic rings. The van der Waals surface area contributed by atoms with Gasteiger partial charge in [-0.2, -0.15) is 11.8 Å². The minimum absolute atomic E-state index is 0.286. The fourth-order valence-electron chi connectivity index (χ4n) is 1.37. The summed E-state index contributed by atoms with van der Waals surface area (Å²) in [7, 11) is 0. The number of rotatable bonds is 3. The maximum absolute atomic E-state index is 8.55. The summed E-state index contributed by atoms with van der Waals surface area (Å²) in [5.41, 5.74) is 5.82. The van der Waals surface area contributed by atoms with Crippen molar-refractivity contribution >= 4 is 11.8 Å². The summed E-state index contributed by atoms with van der Waals surface area (Å²) in [6.45, 7) is 0.286. The van der Waals surface area contributed by atoms with Crippen molar-refractivity contribution in [1.82, 2.24) is 0 Å². The Morgan fingerprint density at radius 1 is 1.50 bits per heavy atom. The number of thioether (sulfide) groups is 1. The Morgan fingerprint density at radius 3 is 2.80 bits per heavy atom. The number of aliphatic hydroxyl groups is 1. The van der Waals surface area contributed by atoms with Crippen molar-refractivity contribution in [2.24, 2.45) is 5.73 Å². The summed E-state index contributed by atoms with van der Waals surface area (Å²) in [4.78, 5) is 0. The molecule has 0 aromatic heterocycles. The van der Waals surface area contributed by atoms with Gasteiger partial charge in [0.15, 0.2) is 0 Å². The van der Waals surface area contributed by atoms with Crippen LogP contribution in [-0.4, -0.2) is 28.8 Å². The Kier molecular flexibility index (Phi) is 3.52. The SMILES string of the molecule is NC1CCCC1SCCO. The van der Waals surface area contributed by atoms with Gasteiger partial charge in [-0.15, -0.1) is 0 Å². The van der Waals surface area contributed by atoms with Gasteiger partial charge in [-0.25, -0.2) is 0 Å². The molecule has 2 nitrogen and oxygen atoms in total. The number of nitrogens with two attached hydrogens (primary N) is 1. The third-order valence-electron chi connectivity index (χ3n) is 1.93.